The number of aromatic nitrogens is 1. The van der Waals surface area contributed by atoms with Crippen molar-refractivity contribution in [3.63, 3.8) is 0 Å². The third kappa shape index (κ3) is 4.48. The van der Waals surface area contributed by atoms with Crippen LogP contribution in [0.1, 0.15) is 39.0 Å². The molecule has 0 aliphatic heterocycles. The van der Waals surface area contributed by atoms with Crippen molar-refractivity contribution in [3.8, 4) is 0 Å². The number of carboxylic acid groups (broad SMARTS) is 1. The molecule has 1 aliphatic rings. The van der Waals surface area contributed by atoms with Crippen LogP contribution in [0.15, 0.2) is 77.8 Å². The Bertz CT molecular complexity index is 1720. The summed E-state index contributed by atoms with van der Waals surface area (Å²) in [5, 5.41) is 10.8. The second kappa shape index (κ2) is 9.90. The second-order valence-electron chi connectivity index (χ2n) is 9.66. The number of hydrogen-bond acceptors (Lipinski definition) is 5. The molecule has 40 heavy (non-hydrogen) atoms. The minimum Gasteiger partial charge on any atom is -0.478 e. The average Bonchev–Trinajstić information content (AvgIpc) is 3.32. The molecule has 208 valence electrons. The van der Waals surface area contributed by atoms with Crippen LogP contribution >= 0.6 is 0 Å². The number of benzene rings is 3. The van der Waals surface area contributed by atoms with E-state index in [1.54, 1.807) is 19.2 Å². The molecule has 4 aromatic rings. The largest absolute Gasteiger partial charge is 0.478 e. The molecule has 1 atom stereocenters. The van der Waals surface area contributed by atoms with E-state index in [0.29, 0.717) is 16.7 Å². The zero-order valence-electron chi connectivity index (χ0n) is 21.6. The maximum absolute atomic E-state index is 14.0. The van der Waals surface area contributed by atoms with Crippen LogP contribution in [0.4, 0.5) is 19.0 Å². The highest BCUT2D eigenvalue weighted by Crippen LogP contribution is 2.50. The van der Waals surface area contributed by atoms with Gasteiger partial charge in [-0.3, -0.25) is 0 Å². The minimum atomic E-state index is -4.61. The summed E-state index contributed by atoms with van der Waals surface area (Å²) < 4.78 is 76.0. The van der Waals surface area contributed by atoms with Gasteiger partial charge in [-0.15, -0.1) is 0 Å². The highest BCUT2D eigenvalue weighted by atomic mass is 32.2. The molecule has 7 nitrogen and oxygen atoms in total. The topological polar surface area (TPSA) is 96.8 Å². The fourth-order valence-electron chi connectivity index (χ4n) is 5.30. The first-order chi connectivity index (χ1) is 18.9. The van der Waals surface area contributed by atoms with E-state index in [1.807, 2.05) is 24.3 Å². The van der Waals surface area contributed by atoms with Gasteiger partial charge in [-0.05, 0) is 66.1 Å². The van der Waals surface area contributed by atoms with Gasteiger partial charge in [0.05, 0.1) is 17.0 Å². The molecule has 0 saturated heterocycles. The van der Waals surface area contributed by atoms with Crippen molar-refractivity contribution in [2.45, 2.75) is 43.0 Å². The van der Waals surface area contributed by atoms with Crippen molar-refractivity contribution in [1.29, 1.82) is 0 Å². The molecule has 1 aromatic heterocycles. The summed E-state index contributed by atoms with van der Waals surface area (Å²) in [6.07, 6.45) is -3.20. The fraction of sp³-hybridized carbons (Fsp3) is 0.241. The van der Waals surface area contributed by atoms with Crippen LogP contribution in [-0.2, 0) is 33.3 Å². The Kier molecular flexibility index (Phi) is 6.83. The number of rotatable bonds is 7. The number of pyridine rings is 1. The second-order valence-corrected chi connectivity index (χ2v) is 11.5. The van der Waals surface area contributed by atoms with Crippen molar-refractivity contribution in [2.24, 2.45) is 0 Å². The molecule has 0 amide bonds. The van der Waals surface area contributed by atoms with Gasteiger partial charge in [0, 0.05) is 24.3 Å². The average molecular weight is 571 g/mol. The standard InChI is InChI=1S/C29H25F3N2O5S/c1-18-24-6-4-3-5-22(24)16-33-26(18)34(40(37,38)23-10-8-20(9-11-23)27(35)36)17-19-7-12-25-21(15-19)13-14-28(25,39-2)29(30,31)32/h3-12,15-16H,13-14,17H2,1-2H3,(H,35,36). The first-order valence-electron chi connectivity index (χ1n) is 12.3. The maximum Gasteiger partial charge on any atom is 0.421 e. The Hall–Kier alpha value is -3.96. The maximum atomic E-state index is 14.0. The third-order valence-electron chi connectivity index (χ3n) is 7.44. The monoisotopic (exact) mass is 570 g/mol. The van der Waals surface area contributed by atoms with Crippen LogP contribution in [0.2, 0.25) is 0 Å². The summed E-state index contributed by atoms with van der Waals surface area (Å²) in [6, 6.07) is 16.6. The fourth-order valence-corrected chi connectivity index (χ4v) is 6.77. The molecule has 0 fully saturated rings. The number of halogens is 3. The molecule has 0 bridgehead atoms. The molecule has 0 saturated carbocycles. The molecule has 3 aromatic carbocycles. The van der Waals surface area contributed by atoms with E-state index in [2.05, 4.69) is 4.98 Å². The highest BCUT2D eigenvalue weighted by Gasteiger charge is 2.59. The molecule has 0 spiro atoms. The molecule has 11 heteroatoms. The molecule has 1 unspecified atom stereocenters. The van der Waals surface area contributed by atoms with Crippen LogP contribution in [0.25, 0.3) is 10.8 Å². The van der Waals surface area contributed by atoms with Gasteiger partial charge in [0.15, 0.2) is 5.60 Å². The van der Waals surface area contributed by atoms with Crippen LogP contribution in [0, 0.1) is 6.92 Å². The summed E-state index contributed by atoms with van der Waals surface area (Å²) in [5.41, 5.74) is -0.966. The lowest BCUT2D eigenvalue weighted by molar-refractivity contribution is -0.275. The van der Waals surface area contributed by atoms with Gasteiger partial charge in [-0.25, -0.2) is 22.5 Å². The zero-order valence-corrected chi connectivity index (χ0v) is 22.4. The number of methoxy groups -OCH3 is 1. The number of ether oxygens (including phenoxy) is 1. The van der Waals surface area contributed by atoms with E-state index in [-0.39, 0.29) is 41.2 Å². The van der Waals surface area contributed by atoms with Gasteiger partial charge >= 0.3 is 12.1 Å². The molecule has 1 aliphatic carbocycles. The molecule has 1 N–H and O–H groups in total. The minimum absolute atomic E-state index is 0.0185. The third-order valence-corrected chi connectivity index (χ3v) is 9.19. The Balaban J connectivity index is 1.62. The van der Waals surface area contributed by atoms with E-state index in [0.717, 1.165) is 22.2 Å². The van der Waals surface area contributed by atoms with Crippen LogP contribution in [0.3, 0.4) is 0 Å². The Morgan fingerprint density at radius 3 is 2.45 bits per heavy atom. The molecule has 1 heterocycles. The van der Waals surface area contributed by atoms with Crippen LogP contribution in [-0.4, -0.2) is 37.8 Å². The van der Waals surface area contributed by atoms with Crippen molar-refractivity contribution in [3.05, 3.63) is 101 Å². The lowest BCUT2D eigenvalue weighted by Gasteiger charge is -2.31. The number of nitrogens with zero attached hydrogens (tertiary/aromatic N) is 2. The summed E-state index contributed by atoms with van der Waals surface area (Å²) in [7, 11) is -3.24. The van der Waals surface area contributed by atoms with Gasteiger partial charge < -0.3 is 9.84 Å². The van der Waals surface area contributed by atoms with Gasteiger partial charge in [0.2, 0.25) is 0 Å². The number of fused-ring (bicyclic) bond motifs is 2. The number of carboxylic acids is 1. The normalized spacial score (nSPS) is 17.1. The van der Waals surface area contributed by atoms with Crippen molar-refractivity contribution >= 4 is 32.6 Å². The molecule has 5 rings (SSSR count). The van der Waals surface area contributed by atoms with E-state index >= 15 is 0 Å². The Morgan fingerprint density at radius 2 is 1.80 bits per heavy atom. The summed E-state index contributed by atoms with van der Waals surface area (Å²) >= 11 is 0. The summed E-state index contributed by atoms with van der Waals surface area (Å²) in [4.78, 5) is 15.6. The number of hydrogen-bond donors (Lipinski definition) is 1. The summed E-state index contributed by atoms with van der Waals surface area (Å²) in [6.45, 7) is 1.54. The van der Waals surface area contributed by atoms with Crippen LogP contribution < -0.4 is 4.31 Å². The summed E-state index contributed by atoms with van der Waals surface area (Å²) in [5.74, 6) is -1.04. The predicted octanol–water partition coefficient (Wildman–Crippen LogP) is 5.99. The lowest BCUT2D eigenvalue weighted by atomic mass is 9.94. The number of sulfonamides is 1. The number of alkyl halides is 3. The van der Waals surface area contributed by atoms with Crippen LogP contribution in [0.5, 0.6) is 0 Å². The SMILES string of the molecule is COC1(C(F)(F)F)CCc2cc(CN(c3ncc4ccccc4c3C)S(=O)(=O)c3ccc(C(=O)O)cc3)ccc21. The van der Waals surface area contributed by atoms with E-state index in [1.165, 1.54) is 36.4 Å². The molecular formula is C29H25F3N2O5S. The van der Waals surface area contributed by atoms with E-state index in [4.69, 9.17) is 4.74 Å². The van der Waals surface area contributed by atoms with Crippen molar-refractivity contribution in [2.75, 3.05) is 11.4 Å². The van der Waals surface area contributed by atoms with E-state index < -0.39 is 27.8 Å². The van der Waals surface area contributed by atoms with Gasteiger partial charge in [-0.1, -0.05) is 42.5 Å². The van der Waals surface area contributed by atoms with E-state index in [9.17, 15) is 31.5 Å². The predicted molar refractivity (Wildman–Crippen MR) is 143 cm³/mol. The highest BCUT2D eigenvalue weighted by molar-refractivity contribution is 7.92. The quantitative estimate of drug-likeness (QED) is 0.293. The number of aromatic carboxylic acids is 1. The number of anilines is 1. The smallest absolute Gasteiger partial charge is 0.421 e. The Labute approximate surface area is 228 Å². The molecular weight excluding hydrogens is 545 g/mol. The van der Waals surface area contributed by atoms with Crippen molar-refractivity contribution < 1.29 is 36.2 Å². The van der Waals surface area contributed by atoms with Gasteiger partial charge in [-0.2, -0.15) is 13.2 Å². The van der Waals surface area contributed by atoms with Gasteiger partial charge in [0.1, 0.15) is 5.82 Å². The first-order valence-corrected chi connectivity index (χ1v) is 13.8. The first kappa shape index (κ1) is 27.6. The number of carbonyl (C=O) groups is 1. The van der Waals surface area contributed by atoms with Crippen molar-refractivity contribution in [1.82, 2.24) is 4.98 Å². The molecule has 0 radical (unpaired) electrons. The Morgan fingerprint density at radius 1 is 1.10 bits per heavy atom. The van der Waals surface area contributed by atoms with Gasteiger partial charge in [0.25, 0.3) is 10.0 Å². The lowest BCUT2D eigenvalue weighted by Crippen LogP contribution is -2.42. The zero-order chi connectivity index (χ0) is 28.9. The number of aryl methyl sites for hydroxylation is 2.